The Kier molecular flexibility index (Phi) is 3.36. The van der Waals surface area contributed by atoms with Crippen molar-refractivity contribution < 1.29 is 14.3 Å². The Morgan fingerprint density at radius 2 is 2.05 bits per heavy atom. The summed E-state index contributed by atoms with van der Waals surface area (Å²) in [4.78, 5) is 14.3. The van der Waals surface area contributed by atoms with Gasteiger partial charge in [-0.1, -0.05) is 0 Å². The molecule has 1 N–H and O–H groups in total. The third kappa shape index (κ3) is 2.36. The Balaban J connectivity index is 2.05. The molecule has 0 unspecified atom stereocenters. The molecule has 0 amide bonds. The van der Waals surface area contributed by atoms with Crippen LogP contribution in [0.2, 0.25) is 0 Å². The predicted octanol–water partition coefficient (Wildman–Crippen LogP) is 2.10. The summed E-state index contributed by atoms with van der Waals surface area (Å²) in [6.07, 6.45) is 2.37. The number of ether oxygens (including phenoxy) is 1. The lowest BCUT2D eigenvalue weighted by molar-refractivity contribution is 0.290. The van der Waals surface area contributed by atoms with E-state index in [1.165, 1.54) is 26.0 Å². The number of aromatic hydroxyl groups is 1. The molecule has 0 aliphatic carbocycles. The molecule has 20 heavy (non-hydrogen) atoms. The third-order valence-electron chi connectivity index (χ3n) is 3.68. The molecule has 5 heteroatoms. The van der Waals surface area contributed by atoms with Gasteiger partial charge in [-0.05, 0) is 43.5 Å². The number of methoxy groups -OCH3 is 1. The van der Waals surface area contributed by atoms with Crippen LogP contribution in [0.3, 0.4) is 0 Å². The van der Waals surface area contributed by atoms with Gasteiger partial charge in [-0.3, -0.25) is 4.90 Å². The number of likely N-dealkylation sites (tertiary alicyclic amines) is 1. The SMILES string of the molecule is COc1cc(O)c2c(=O)oc(CN3CCCC3)cc2c1. The lowest BCUT2D eigenvalue weighted by atomic mass is 10.1. The molecule has 0 bridgehead atoms. The van der Waals surface area contributed by atoms with Gasteiger partial charge >= 0.3 is 5.63 Å². The van der Waals surface area contributed by atoms with Gasteiger partial charge in [0.25, 0.3) is 0 Å². The van der Waals surface area contributed by atoms with Gasteiger partial charge < -0.3 is 14.3 Å². The van der Waals surface area contributed by atoms with E-state index in [2.05, 4.69) is 4.90 Å². The molecular weight excluding hydrogens is 258 g/mol. The molecule has 0 radical (unpaired) electrons. The average molecular weight is 275 g/mol. The summed E-state index contributed by atoms with van der Waals surface area (Å²) < 4.78 is 10.4. The van der Waals surface area contributed by atoms with Gasteiger partial charge in [0.2, 0.25) is 0 Å². The Hall–Kier alpha value is -2.01. The van der Waals surface area contributed by atoms with Crippen molar-refractivity contribution in [3.05, 3.63) is 34.4 Å². The maximum Gasteiger partial charge on any atom is 0.347 e. The molecule has 1 fully saturated rings. The molecule has 1 aliphatic rings. The van der Waals surface area contributed by atoms with E-state index in [1.54, 1.807) is 12.1 Å². The highest BCUT2D eigenvalue weighted by Crippen LogP contribution is 2.28. The van der Waals surface area contributed by atoms with Gasteiger partial charge in [-0.2, -0.15) is 0 Å². The van der Waals surface area contributed by atoms with Crippen LogP contribution in [0.4, 0.5) is 0 Å². The van der Waals surface area contributed by atoms with Crippen molar-refractivity contribution in [3.8, 4) is 11.5 Å². The molecule has 5 nitrogen and oxygen atoms in total. The van der Waals surface area contributed by atoms with Crippen LogP contribution < -0.4 is 10.4 Å². The number of hydrogen-bond acceptors (Lipinski definition) is 5. The first-order valence-electron chi connectivity index (χ1n) is 6.73. The maximum absolute atomic E-state index is 12.0. The number of benzene rings is 1. The molecule has 1 aromatic carbocycles. The van der Waals surface area contributed by atoms with E-state index in [1.807, 2.05) is 0 Å². The minimum absolute atomic E-state index is 0.110. The van der Waals surface area contributed by atoms with E-state index in [-0.39, 0.29) is 11.1 Å². The first-order chi connectivity index (χ1) is 9.67. The van der Waals surface area contributed by atoms with Crippen molar-refractivity contribution in [2.24, 2.45) is 0 Å². The fourth-order valence-corrected chi connectivity index (χ4v) is 2.69. The summed E-state index contributed by atoms with van der Waals surface area (Å²) in [5, 5.41) is 10.7. The quantitative estimate of drug-likeness (QED) is 0.929. The van der Waals surface area contributed by atoms with Crippen LogP contribution in [0.1, 0.15) is 18.6 Å². The zero-order valence-electron chi connectivity index (χ0n) is 11.4. The summed E-state index contributed by atoms with van der Waals surface area (Å²) in [6.45, 7) is 2.69. The van der Waals surface area contributed by atoms with Gasteiger partial charge in [0.1, 0.15) is 22.6 Å². The Bertz CT molecular complexity index is 686. The van der Waals surface area contributed by atoms with Gasteiger partial charge in [-0.25, -0.2) is 4.79 Å². The highest BCUT2D eigenvalue weighted by atomic mass is 16.5. The van der Waals surface area contributed by atoms with E-state index in [4.69, 9.17) is 9.15 Å². The Labute approximate surface area is 116 Å². The first kappa shape index (κ1) is 13.0. The number of phenols is 1. The van der Waals surface area contributed by atoms with Crippen LogP contribution in [-0.2, 0) is 6.54 Å². The van der Waals surface area contributed by atoms with E-state index >= 15 is 0 Å². The van der Waals surface area contributed by atoms with E-state index in [0.29, 0.717) is 23.4 Å². The number of nitrogens with zero attached hydrogens (tertiary/aromatic N) is 1. The molecule has 1 aliphatic heterocycles. The molecule has 1 aromatic heterocycles. The van der Waals surface area contributed by atoms with Crippen LogP contribution in [0, 0.1) is 0 Å². The number of rotatable bonds is 3. The average Bonchev–Trinajstić information content (AvgIpc) is 2.90. The van der Waals surface area contributed by atoms with E-state index < -0.39 is 5.63 Å². The van der Waals surface area contributed by atoms with E-state index in [9.17, 15) is 9.90 Å². The fourth-order valence-electron chi connectivity index (χ4n) is 2.69. The number of fused-ring (bicyclic) bond motifs is 1. The van der Waals surface area contributed by atoms with Crippen LogP contribution in [0.25, 0.3) is 10.8 Å². The van der Waals surface area contributed by atoms with Crippen molar-refractivity contribution in [2.75, 3.05) is 20.2 Å². The molecule has 2 heterocycles. The lowest BCUT2D eigenvalue weighted by Crippen LogP contribution is -2.19. The molecular formula is C15H17NO4. The molecule has 0 atom stereocenters. The van der Waals surface area contributed by atoms with Crippen molar-refractivity contribution in [3.63, 3.8) is 0 Å². The van der Waals surface area contributed by atoms with Gasteiger partial charge in [0.05, 0.1) is 13.7 Å². The van der Waals surface area contributed by atoms with Crippen LogP contribution in [0.15, 0.2) is 27.4 Å². The molecule has 1 saturated heterocycles. The van der Waals surface area contributed by atoms with Gasteiger partial charge in [-0.15, -0.1) is 0 Å². The smallest absolute Gasteiger partial charge is 0.347 e. The van der Waals surface area contributed by atoms with E-state index in [0.717, 1.165) is 13.1 Å². The summed E-state index contributed by atoms with van der Waals surface area (Å²) in [6, 6.07) is 4.95. The Morgan fingerprint density at radius 1 is 1.30 bits per heavy atom. The summed E-state index contributed by atoms with van der Waals surface area (Å²) >= 11 is 0. The standard InChI is InChI=1S/C15H17NO4/c1-19-11-6-10-7-12(9-16-4-2-3-5-16)20-15(18)14(10)13(17)8-11/h6-8,17H,2-5,9H2,1H3. The zero-order valence-corrected chi connectivity index (χ0v) is 11.4. The zero-order chi connectivity index (χ0) is 14.1. The summed E-state index contributed by atoms with van der Waals surface area (Å²) in [5.74, 6) is 1.03. The second-order valence-corrected chi connectivity index (χ2v) is 5.09. The largest absolute Gasteiger partial charge is 0.507 e. The summed E-state index contributed by atoms with van der Waals surface area (Å²) in [7, 11) is 1.52. The normalized spacial score (nSPS) is 15.8. The van der Waals surface area contributed by atoms with Crippen molar-refractivity contribution in [1.29, 1.82) is 0 Å². The Morgan fingerprint density at radius 3 is 2.75 bits per heavy atom. The maximum atomic E-state index is 12.0. The summed E-state index contributed by atoms with van der Waals surface area (Å²) in [5.41, 5.74) is -0.503. The van der Waals surface area contributed by atoms with Gasteiger partial charge in [0, 0.05) is 6.07 Å². The molecule has 2 aromatic rings. The predicted molar refractivity (Wildman–Crippen MR) is 75.2 cm³/mol. The second-order valence-electron chi connectivity index (χ2n) is 5.09. The lowest BCUT2D eigenvalue weighted by Gasteiger charge is -2.13. The molecule has 0 spiro atoms. The van der Waals surface area contributed by atoms with Crippen LogP contribution >= 0.6 is 0 Å². The van der Waals surface area contributed by atoms with Crippen molar-refractivity contribution in [1.82, 2.24) is 4.90 Å². The van der Waals surface area contributed by atoms with Crippen molar-refractivity contribution in [2.45, 2.75) is 19.4 Å². The highest BCUT2D eigenvalue weighted by Gasteiger charge is 2.16. The first-order valence-corrected chi connectivity index (χ1v) is 6.73. The minimum atomic E-state index is -0.503. The molecule has 106 valence electrons. The minimum Gasteiger partial charge on any atom is -0.507 e. The van der Waals surface area contributed by atoms with Crippen LogP contribution in [0.5, 0.6) is 11.5 Å². The van der Waals surface area contributed by atoms with Crippen molar-refractivity contribution >= 4 is 10.8 Å². The topological polar surface area (TPSA) is 62.9 Å². The third-order valence-corrected chi connectivity index (χ3v) is 3.68. The fraction of sp³-hybridized carbons (Fsp3) is 0.400. The number of hydrogen-bond donors (Lipinski definition) is 1. The highest BCUT2D eigenvalue weighted by molar-refractivity contribution is 5.88. The second kappa shape index (κ2) is 5.17. The molecule has 0 saturated carbocycles. The van der Waals surface area contributed by atoms with Crippen LogP contribution in [-0.4, -0.2) is 30.2 Å². The molecule has 3 rings (SSSR count). The number of phenolic OH excluding ortho intramolecular Hbond substituents is 1. The van der Waals surface area contributed by atoms with Gasteiger partial charge in [0.15, 0.2) is 0 Å². The monoisotopic (exact) mass is 275 g/mol.